The standard InChI is InChI=1S/C20H14N2/c1-2-6-15-13(5-1)14-10-12-9-8-11-4-3-7-16-17(11)18(12)20(22-16)19(14)21-15/h1-7,10,21-22H,8-9H2. The van der Waals surface area contributed by atoms with Gasteiger partial charge in [-0.2, -0.15) is 0 Å². The first-order valence-corrected chi connectivity index (χ1v) is 7.86. The highest BCUT2D eigenvalue weighted by molar-refractivity contribution is 6.23. The van der Waals surface area contributed by atoms with Crippen LogP contribution in [0.4, 0.5) is 0 Å². The van der Waals surface area contributed by atoms with Crippen molar-refractivity contribution in [3.8, 4) is 0 Å². The van der Waals surface area contributed by atoms with E-state index in [9.17, 15) is 0 Å². The molecule has 0 aliphatic heterocycles. The van der Waals surface area contributed by atoms with Gasteiger partial charge in [0.1, 0.15) is 0 Å². The van der Waals surface area contributed by atoms with Crippen LogP contribution in [0.1, 0.15) is 11.1 Å². The molecule has 5 aromatic rings. The van der Waals surface area contributed by atoms with Crippen molar-refractivity contribution >= 4 is 43.6 Å². The second-order valence-corrected chi connectivity index (χ2v) is 6.34. The average Bonchev–Trinajstić information content (AvgIpc) is 3.12. The molecule has 0 saturated heterocycles. The molecule has 2 nitrogen and oxygen atoms in total. The topological polar surface area (TPSA) is 31.6 Å². The first kappa shape index (κ1) is 10.9. The molecule has 3 aromatic carbocycles. The number of rotatable bonds is 0. The first-order chi connectivity index (χ1) is 10.9. The van der Waals surface area contributed by atoms with Crippen LogP contribution in [-0.2, 0) is 12.8 Å². The predicted molar refractivity (Wildman–Crippen MR) is 92.6 cm³/mol. The summed E-state index contributed by atoms with van der Waals surface area (Å²) in [6, 6.07) is 17.6. The smallest absolute Gasteiger partial charge is 0.0713 e. The Kier molecular flexibility index (Phi) is 1.75. The van der Waals surface area contributed by atoms with Crippen LogP contribution >= 0.6 is 0 Å². The number of aromatic amines is 2. The molecule has 6 rings (SSSR count). The Morgan fingerprint density at radius 1 is 0.636 bits per heavy atom. The second kappa shape index (κ2) is 3.53. The lowest BCUT2D eigenvalue weighted by molar-refractivity contribution is 0.971. The summed E-state index contributed by atoms with van der Waals surface area (Å²) in [5.41, 5.74) is 7.95. The van der Waals surface area contributed by atoms with Gasteiger partial charge >= 0.3 is 0 Å². The molecule has 0 unspecified atom stereocenters. The Bertz CT molecular complexity index is 1220. The second-order valence-electron chi connectivity index (χ2n) is 6.34. The van der Waals surface area contributed by atoms with Crippen molar-refractivity contribution < 1.29 is 0 Å². The number of fused-ring (bicyclic) bond motifs is 4. The van der Waals surface area contributed by atoms with Crippen molar-refractivity contribution in [1.29, 1.82) is 0 Å². The van der Waals surface area contributed by atoms with Gasteiger partial charge in [-0.15, -0.1) is 0 Å². The zero-order valence-corrected chi connectivity index (χ0v) is 12.0. The largest absolute Gasteiger partial charge is 0.353 e. The lowest BCUT2D eigenvalue weighted by Crippen LogP contribution is -1.98. The maximum absolute atomic E-state index is 3.67. The molecule has 0 bridgehead atoms. The van der Waals surface area contributed by atoms with E-state index >= 15 is 0 Å². The number of benzene rings is 3. The highest BCUT2D eigenvalue weighted by atomic mass is 14.8. The number of hydrogen-bond donors (Lipinski definition) is 2. The highest BCUT2D eigenvalue weighted by Crippen LogP contribution is 2.41. The van der Waals surface area contributed by atoms with Crippen LogP contribution in [0.2, 0.25) is 0 Å². The minimum Gasteiger partial charge on any atom is -0.353 e. The lowest BCUT2D eigenvalue weighted by Gasteiger charge is -2.13. The molecular formula is C20H14N2. The van der Waals surface area contributed by atoms with Gasteiger partial charge in [-0.25, -0.2) is 0 Å². The van der Waals surface area contributed by atoms with E-state index in [-0.39, 0.29) is 0 Å². The molecule has 2 N–H and O–H groups in total. The maximum atomic E-state index is 3.67. The van der Waals surface area contributed by atoms with Crippen LogP contribution in [0.3, 0.4) is 0 Å². The zero-order valence-electron chi connectivity index (χ0n) is 12.0. The molecular weight excluding hydrogens is 268 g/mol. The zero-order chi connectivity index (χ0) is 14.3. The number of aryl methyl sites for hydroxylation is 2. The average molecular weight is 282 g/mol. The Labute approximate surface area is 126 Å². The van der Waals surface area contributed by atoms with Crippen molar-refractivity contribution in [1.82, 2.24) is 9.97 Å². The maximum Gasteiger partial charge on any atom is 0.0713 e. The van der Waals surface area contributed by atoms with E-state index < -0.39 is 0 Å². The molecule has 1 aliphatic carbocycles. The van der Waals surface area contributed by atoms with Gasteiger partial charge in [-0.1, -0.05) is 30.3 Å². The molecule has 22 heavy (non-hydrogen) atoms. The van der Waals surface area contributed by atoms with E-state index in [0.29, 0.717) is 0 Å². The van der Waals surface area contributed by atoms with Gasteiger partial charge in [0.25, 0.3) is 0 Å². The molecule has 0 radical (unpaired) electrons. The van der Waals surface area contributed by atoms with Crippen LogP contribution in [-0.4, -0.2) is 9.97 Å². The van der Waals surface area contributed by atoms with Gasteiger partial charge in [0, 0.05) is 32.6 Å². The molecule has 2 heterocycles. The third kappa shape index (κ3) is 1.14. The van der Waals surface area contributed by atoms with Gasteiger partial charge in [0.2, 0.25) is 0 Å². The first-order valence-electron chi connectivity index (χ1n) is 7.86. The third-order valence-corrected chi connectivity index (χ3v) is 5.21. The fraction of sp³-hybridized carbons (Fsp3) is 0.100. The quantitative estimate of drug-likeness (QED) is 0.398. The highest BCUT2D eigenvalue weighted by Gasteiger charge is 2.20. The Balaban J connectivity index is 1.98. The molecule has 0 atom stereocenters. The van der Waals surface area contributed by atoms with Gasteiger partial charge in [0.05, 0.1) is 11.0 Å². The van der Waals surface area contributed by atoms with Crippen molar-refractivity contribution in [2.75, 3.05) is 0 Å². The summed E-state index contributed by atoms with van der Waals surface area (Å²) in [5.74, 6) is 0. The van der Waals surface area contributed by atoms with Gasteiger partial charge < -0.3 is 9.97 Å². The van der Waals surface area contributed by atoms with Crippen LogP contribution < -0.4 is 0 Å². The Morgan fingerprint density at radius 2 is 1.45 bits per heavy atom. The summed E-state index contributed by atoms with van der Waals surface area (Å²) < 4.78 is 0. The number of aromatic nitrogens is 2. The van der Waals surface area contributed by atoms with E-state index in [1.807, 2.05) is 0 Å². The summed E-state index contributed by atoms with van der Waals surface area (Å²) in [6.07, 6.45) is 2.28. The fourth-order valence-electron chi connectivity index (χ4n) is 4.26. The van der Waals surface area contributed by atoms with Gasteiger partial charge in [0.15, 0.2) is 0 Å². The van der Waals surface area contributed by atoms with Crippen molar-refractivity contribution in [2.24, 2.45) is 0 Å². The summed E-state index contributed by atoms with van der Waals surface area (Å²) in [7, 11) is 0. The predicted octanol–water partition coefficient (Wildman–Crippen LogP) is 5.05. The Hall–Kier alpha value is -2.74. The molecule has 0 fully saturated rings. The minimum atomic E-state index is 1.13. The molecule has 104 valence electrons. The molecule has 0 spiro atoms. The number of para-hydroxylation sites is 1. The van der Waals surface area contributed by atoms with Gasteiger partial charge in [-0.05, 0) is 42.2 Å². The molecule has 2 heteroatoms. The van der Waals surface area contributed by atoms with Crippen molar-refractivity contribution in [3.63, 3.8) is 0 Å². The van der Waals surface area contributed by atoms with Crippen molar-refractivity contribution in [3.05, 3.63) is 59.7 Å². The van der Waals surface area contributed by atoms with E-state index in [1.54, 1.807) is 0 Å². The number of nitrogens with one attached hydrogen (secondary N) is 2. The molecule has 2 aromatic heterocycles. The van der Waals surface area contributed by atoms with E-state index in [0.717, 1.165) is 12.8 Å². The van der Waals surface area contributed by atoms with Crippen LogP contribution in [0.25, 0.3) is 43.6 Å². The normalized spacial score (nSPS) is 14.0. The monoisotopic (exact) mass is 282 g/mol. The van der Waals surface area contributed by atoms with E-state index in [2.05, 4.69) is 58.5 Å². The lowest BCUT2D eigenvalue weighted by atomic mass is 9.90. The number of H-pyrrole nitrogens is 2. The molecule has 0 amide bonds. The number of hydrogen-bond acceptors (Lipinski definition) is 0. The van der Waals surface area contributed by atoms with Crippen LogP contribution in [0, 0.1) is 0 Å². The van der Waals surface area contributed by atoms with Crippen LogP contribution in [0.15, 0.2) is 48.5 Å². The Morgan fingerprint density at radius 3 is 2.45 bits per heavy atom. The van der Waals surface area contributed by atoms with Crippen LogP contribution in [0.5, 0.6) is 0 Å². The molecule has 1 aliphatic rings. The fourth-order valence-corrected chi connectivity index (χ4v) is 4.26. The summed E-state index contributed by atoms with van der Waals surface area (Å²) in [6.45, 7) is 0. The van der Waals surface area contributed by atoms with Crippen molar-refractivity contribution in [2.45, 2.75) is 12.8 Å². The summed E-state index contributed by atoms with van der Waals surface area (Å²) in [5, 5.41) is 5.52. The summed E-state index contributed by atoms with van der Waals surface area (Å²) >= 11 is 0. The third-order valence-electron chi connectivity index (χ3n) is 5.21. The minimum absolute atomic E-state index is 1.13. The van der Waals surface area contributed by atoms with E-state index in [1.165, 1.54) is 54.7 Å². The SMILES string of the molecule is c1ccc2c(c1)[nH]c1c2cc2c3c1[nH]c1cccc(c13)CC2. The summed E-state index contributed by atoms with van der Waals surface area (Å²) in [4.78, 5) is 7.29. The van der Waals surface area contributed by atoms with E-state index in [4.69, 9.17) is 0 Å². The van der Waals surface area contributed by atoms with Gasteiger partial charge in [-0.3, -0.25) is 0 Å². The molecule has 0 saturated carbocycles.